The topological polar surface area (TPSA) is 65.1 Å². The standard InChI is InChI=1S/C17H19NO5/c1-21-13-10-12(11-14(22-2)17(13)23-3)7-8-16(20)18-9-5-4-6-15(18)19/h4,6-8,10-11H,5,9H2,1-3H3/b8-7+/i1D3,2D3,3D3. The molecule has 6 heteroatoms. The van der Waals surface area contributed by atoms with Gasteiger partial charge in [-0.15, -0.1) is 0 Å². The Morgan fingerprint density at radius 3 is 2.52 bits per heavy atom. The smallest absolute Gasteiger partial charge is 0.253 e. The summed E-state index contributed by atoms with van der Waals surface area (Å²) in [6.07, 6.45) is 5.53. The number of carbonyl (C=O) groups excluding carboxylic acids is 2. The van der Waals surface area contributed by atoms with E-state index in [1.165, 1.54) is 6.08 Å². The van der Waals surface area contributed by atoms with Gasteiger partial charge in [-0.1, -0.05) is 6.08 Å². The SMILES string of the molecule is [2H]C([2H])([2H])Oc1cc(/C=C/C(=O)N2CCC=CC2=O)cc(OC([2H])([2H])[2H])c1OC([2H])([2H])[2H]. The zero-order valence-electron chi connectivity index (χ0n) is 20.9. The van der Waals surface area contributed by atoms with Crippen molar-refractivity contribution in [3.63, 3.8) is 0 Å². The lowest BCUT2D eigenvalue weighted by atomic mass is 10.1. The molecule has 2 amide bonds. The van der Waals surface area contributed by atoms with E-state index in [4.69, 9.17) is 26.5 Å². The number of benzene rings is 1. The van der Waals surface area contributed by atoms with Crippen molar-refractivity contribution in [1.29, 1.82) is 0 Å². The molecule has 23 heavy (non-hydrogen) atoms. The molecule has 0 bridgehead atoms. The number of methoxy groups -OCH3 is 3. The van der Waals surface area contributed by atoms with E-state index in [1.54, 1.807) is 6.08 Å². The van der Waals surface area contributed by atoms with Crippen molar-refractivity contribution >= 4 is 17.9 Å². The van der Waals surface area contributed by atoms with E-state index < -0.39 is 50.2 Å². The van der Waals surface area contributed by atoms with Gasteiger partial charge in [0, 0.05) is 12.6 Å². The molecule has 1 aromatic carbocycles. The molecule has 0 atom stereocenters. The molecule has 0 spiro atoms. The highest BCUT2D eigenvalue weighted by Crippen LogP contribution is 2.38. The molecular weight excluding hydrogens is 298 g/mol. The van der Waals surface area contributed by atoms with E-state index in [9.17, 15) is 9.59 Å². The van der Waals surface area contributed by atoms with Crippen LogP contribution in [-0.4, -0.2) is 44.4 Å². The lowest BCUT2D eigenvalue weighted by Crippen LogP contribution is -2.37. The molecule has 6 nitrogen and oxygen atoms in total. The Balaban J connectivity index is 2.51. The highest BCUT2D eigenvalue weighted by Gasteiger charge is 2.19. The monoisotopic (exact) mass is 326 g/mol. The van der Waals surface area contributed by atoms with Gasteiger partial charge in [0.1, 0.15) is 0 Å². The van der Waals surface area contributed by atoms with Crippen LogP contribution < -0.4 is 14.2 Å². The zero-order valence-corrected chi connectivity index (χ0v) is 11.9. The average molecular weight is 326 g/mol. The Morgan fingerprint density at radius 2 is 1.91 bits per heavy atom. The molecule has 1 aliphatic heterocycles. The minimum Gasteiger partial charge on any atom is -0.493 e. The first-order chi connectivity index (χ1) is 14.5. The van der Waals surface area contributed by atoms with E-state index in [1.807, 2.05) is 0 Å². The van der Waals surface area contributed by atoms with Crippen molar-refractivity contribution < 1.29 is 36.1 Å². The van der Waals surface area contributed by atoms with Crippen LogP contribution >= 0.6 is 0 Å². The van der Waals surface area contributed by atoms with Crippen LogP contribution in [0.25, 0.3) is 6.08 Å². The fourth-order valence-corrected chi connectivity index (χ4v) is 2.01. The van der Waals surface area contributed by atoms with Crippen LogP contribution in [-0.2, 0) is 9.59 Å². The molecule has 0 aliphatic carbocycles. The molecule has 0 fully saturated rings. The maximum absolute atomic E-state index is 12.3. The van der Waals surface area contributed by atoms with Crippen molar-refractivity contribution in [3.8, 4) is 17.2 Å². The molecule has 0 saturated heterocycles. The van der Waals surface area contributed by atoms with E-state index >= 15 is 0 Å². The second-order valence-electron chi connectivity index (χ2n) is 4.50. The summed E-state index contributed by atoms with van der Waals surface area (Å²) in [5.74, 6) is -3.24. The fraction of sp³-hybridized carbons (Fsp3) is 0.294. The first-order valence-electron chi connectivity index (χ1n) is 11.0. The Kier molecular flexibility index (Phi) is 2.67. The average Bonchev–Trinajstić information content (AvgIpc) is 2.59. The Bertz CT molecular complexity index is 895. The summed E-state index contributed by atoms with van der Waals surface area (Å²) in [5, 5.41) is 0. The molecule has 0 radical (unpaired) electrons. The van der Waals surface area contributed by atoms with Gasteiger partial charge in [-0.2, -0.15) is 0 Å². The van der Waals surface area contributed by atoms with Gasteiger partial charge in [-0.05, 0) is 36.3 Å². The van der Waals surface area contributed by atoms with Gasteiger partial charge in [-0.25, -0.2) is 0 Å². The minimum absolute atomic E-state index is 0.0229. The summed E-state index contributed by atoms with van der Waals surface area (Å²) in [6, 6.07) is 2.06. The van der Waals surface area contributed by atoms with Crippen LogP contribution in [0.3, 0.4) is 0 Å². The minimum atomic E-state index is -3.09. The van der Waals surface area contributed by atoms with Crippen molar-refractivity contribution in [1.82, 2.24) is 4.90 Å². The Labute approximate surface area is 147 Å². The maximum atomic E-state index is 12.3. The van der Waals surface area contributed by atoms with Gasteiger partial charge in [0.2, 0.25) is 5.75 Å². The van der Waals surface area contributed by atoms with Crippen LogP contribution in [0.2, 0.25) is 0 Å². The summed E-state index contributed by atoms with van der Waals surface area (Å²) in [4.78, 5) is 25.1. The van der Waals surface area contributed by atoms with Crippen molar-refractivity contribution in [3.05, 3.63) is 35.9 Å². The lowest BCUT2D eigenvalue weighted by molar-refractivity contribution is -0.139. The third-order valence-corrected chi connectivity index (χ3v) is 3.10. The molecule has 0 saturated carbocycles. The van der Waals surface area contributed by atoms with E-state index in [0.717, 1.165) is 29.2 Å². The van der Waals surface area contributed by atoms with E-state index in [0.29, 0.717) is 6.42 Å². The van der Waals surface area contributed by atoms with Gasteiger partial charge < -0.3 is 14.2 Å². The highest BCUT2D eigenvalue weighted by atomic mass is 16.5. The number of imide groups is 1. The fourth-order valence-electron chi connectivity index (χ4n) is 2.01. The van der Waals surface area contributed by atoms with Crippen LogP contribution in [0.5, 0.6) is 17.2 Å². The van der Waals surface area contributed by atoms with Crippen LogP contribution in [0.15, 0.2) is 30.4 Å². The first-order valence-corrected chi connectivity index (χ1v) is 6.49. The third kappa shape index (κ3) is 3.71. The first kappa shape index (κ1) is 8.19. The lowest BCUT2D eigenvalue weighted by Gasteiger charge is -2.19. The largest absolute Gasteiger partial charge is 0.493 e. The predicted molar refractivity (Wildman–Crippen MR) is 85.6 cm³/mol. The Morgan fingerprint density at radius 1 is 1.22 bits per heavy atom. The molecular formula is C17H19NO5. The summed E-state index contributed by atoms with van der Waals surface area (Å²) in [6.45, 7) is 0.171. The molecule has 1 heterocycles. The van der Waals surface area contributed by atoms with E-state index in [-0.39, 0.29) is 12.1 Å². The van der Waals surface area contributed by atoms with Gasteiger partial charge in [0.25, 0.3) is 11.8 Å². The van der Waals surface area contributed by atoms with Gasteiger partial charge in [0.15, 0.2) is 11.5 Å². The second-order valence-corrected chi connectivity index (χ2v) is 4.50. The maximum Gasteiger partial charge on any atom is 0.253 e. The number of ether oxygens (including phenoxy) is 3. The predicted octanol–water partition coefficient (Wildman–Crippen LogP) is 2.04. The number of amides is 2. The van der Waals surface area contributed by atoms with Crippen molar-refractivity contribution in [2.75, 3.05) is 27.7 Å². The zero-order chi connectivity index (χ0) is 24.3. The molecule has 2 rings (SSSR count). The highest BCUT2D eigenvalue weighted by molar-refractivity contribution is 6.06. The summed E-state index contributed by atoms with van der Waals surface area (Å²) in [5.41, 5.74) is 0.0229. The summed E-state index contributed by atoms with van der Waals surface area (Å²) < 4.78 is 79.8. The van der Waals surface area contributed by atoms with E-state index in [2.05, 4.69) is 0 Å². The van der Waals surface area contributed by atoms with Crippen molar-refractivity contribution in [2.45, 2.75) is 6.42 Å². The van der Waals surface area contributed by atoms with Crippen LogP contribution in [0.4, 0.5) is 0 Å². The second kappa shape index (κ2) is 7.49. The normalized spacial score (nSPS) is 21.7. The molecule has 0 aromatic heterocycles. The number of hydrogen-bond acceptors (Lipinski definition) is 5. The molecule has 122 valence electrons. The molecule has 0 N–H and O–H groups in total. The van der Waals surface area contributed by atoms with Crippen LogP contribution in [0, 0.1) is 0 Å². The molecule has 1 aliphatic rings. The van der Waals surface area contributed by atoms with Crippen molar-refractivity contribution in [2.24, 2.45) is 0 Å². The van der Waals surface area contributed by atoms with Gasteiger partial charge >= 0.3 is 0 Å². The third-order valence-electron chi connectivity index (χ3n) is 3.10. The summed E-state index contributed by atoms with van der Waals surface area (Å²) in [7, 11) is -9.18. The van der Waals surface area contributed by atoms with Crippen LogP contribution in [0.1, 0.15) is 24.3 Å². The number of nitrogens with zero attached hydrogens (tertiary/aromatic N) is 1. The molecule has 0 unspecified atom stereocenters. The van der Waals surface area contributed by atoms with Gasteiger partial charge in [-0.3, -0.25) is 14.5 Å². The van der Waals surface area contributed by atoms with Gasteiger partial charge in [0.05, 0.1) is 33.5 Å². The molecule has 1 aromatic rings. The number of hydrogen-bond donors (Lipinski definition) is 0. The number of carbonyl (C=O) groups is 2. The quantitative estimate of drug-likeness (QED) is 0.775. The summed E-state index contributed by atoms with van der Waals surface area (Å²) >= 11 is 0. The Hall–Kier alpha value is -2.76. The number of rotatable bonds is 5.